The fraction of sp³-hybridized carbons (Fsp3) is 0.391. The molecule has 11 nitrogen and oxygen atoms in total. The molecule has 0 aromatic heterocycles. The number of phenolic OH excluding ortho intramolecular Hbond substituents is 1. The average molecular weight is 476 g/mol. The molecule has 0 saturated carbocycles. The highest BCUT2D eigenvalue weighted by atomic mass is 16.6. The number of esters is 1. The maximum Gasteiger partial charge on any atom is 0.408 e. The third-order valence-corrected chi connectivity index (χ3v) is 4.26. The Balaban J connectivity index is 1.93. The van der Waals surface area contributed by atoms with Crippen LogP contribution in [0.1, 0.15) is 26.3 Å². The number of nitrogens with zero attached hydrogens (tertiary/aromatic N) is 1. The van der Waals surface area contributed by atoms with Gasteiger partial charge in [0.25, 0.3) is 5.69 Å². The molecule has 0 aliphatic rings. The SMILES string of the molecule is CC(C)(C)OC(=O)N[C@@H](Cc1ccc(O)cc1)C(=O)OCC(O)COc1ccc([N+](=O)[O-])cc1. The number of hydrogen-bond acceptors (Lipinski definition) is 9. The maximum absolute atomic E-state index is 12.6. The summed E-state index contributed by atoms with van der Waals surface area (Å²) >= 11 is 0. The van der Waals surface area contributed by atoms with Gasteiger partial charge in [0.15, 0.2) is 0 Å². The highest BCUT2D eigenvalue weighted by molar-refractivity contribution is 5.81. The first-order valence-electron chi connectivity index (χ1n) is 10.4. The third-order valence-electron chi connectivity index (χ3n) is 4.26. The Morgan fingerprint density at radius 2 is 1.68 bits per heavy atom. The molecule has 1 amide bonds. The Labute approximate surface area is 196 Å². The van der Waals surface area contributed by atoms with Crippen LogP contribution < -0.4 is 10.1 Å². The van der Waals surface area contributed by atoms with Crippen LogP contribution in [0.3, 0.4) is 0 Å². The van der Waals surface area contributed by atoms with Crippen molar-refractivity contribution in [2.24, 2.45) is 0 Å². The minimum Gasteiger partial charge on any atom is -0.508 e. The molecular formula is C23H28N2O9. The van der Waals surface area contributed by atoms with Crippen LogP contribution in [-0.2, 0) is 20.7 Å². The molecule has 184 valence electrons. The van der Waals surface area contributed by atoms with E-state index in [1.54, 1.807) is 32.9 Å². The Hall–Kier alpha value is -3.86. The highest BCUT2D eigenvalue weighted by Gasteiger charge is 2.26. The molecule has 2 aromatic rings. The van der Waals surface area contributed by atoms with Crippen LogP contribution in [-0.4, -0.2) is 58.2 Å². The standard InChI is InChI=1S/C23H28N2O9/c1-23(2,3)34-22(29)24-20(12-15-4-8-17(26)9-5-15)21(28)33-14-18(27)13-32-19-10-6-16(7-11-19)25(30)31/h4-11,18,20,26-27H,12-14H2,1-3H3,(H,24,29)/t18?,20-/m0/s1. The minimum atomic E-state index is -1.19. The number of nitrogens with one attached hydrogen (secondary N) is 1. The number of carbonyl (C=O) groups is 2. The van der Waals surface area contributed by atoms with Gasteiger partial charge in [0.05, 0.1) is 4.92 Å². The lowest BCUT2D eigenvalue weighted by Gasteiger charge is -2.23. The summed E-state index contributed by atoms with van der Waals surface area (Å²) in [4.78, 5) is 35.0. The number of rotatable bonds is 10. The van der Waals surface area contributed by atoms with Gasteiger partial charge in [0, 0.05) is 18.6 Å². The fourth-order valence-corrected chi connectivity index (χ4v) is 2.69. The third kappa shape index (κ3) is 9.33. The van der Waals surface area contributed by atoms with Crippen molar-refractivity contribution in [1.29, 1.82) is 0 Å². The van der Waals surface area contributed by atoms with Gasteiger partial charge in [0.1, 0.15) is 42.5 Å². The number of hydrogen-bond donors (Lipinski definition) is 3. The van der Waals surface area contributed by atoms with Gasteiger partial charge in [0.2, 0.25) is 0 Å². The topological polar surface area (TPSA) is 157 Å². The molecule has 1 unspecified atom stereocenters. The molecule has 0 radical (unpaired) electrons. The van der Waals surface area contributed by atoms with E-state index in [1.165, 1.54) is 36.4 Å². The number of ether oxygens (including phenoxy) is 3. The number of aromatic hydroxyl groups is 1. The molecule has 0 saturated heterocycles. The second-order valence-corrected chi connectivity index (χ2v) is 8.42. The Morgan fingerprint density at radius 1 is 1.06 bits per heavy atom. The van der Waals surface area contributed by atoms with Crippen molar-refractivity contribution >= 4 is 17.7 Å². The van der Waals surface area contributed by atoms with Crippen molar-refractivity contribution in [2.45, 2.75) is 44.9 Å². The molecule has 2 aromatic carbocycles. The predicted octanol–water partition coefficient (Wildman–Crippen LogP) is 2.72. The van der Waals surface area contributed by atoms with Gasteiger partial charge >= 0.3 is 12.1 Å². The number of nitro groups is 1. The van der Waals surface area contributed by atoms with Crippen LogP contribution in [0.2, 0.25) is 0 Å². The number of benzene rings is 2. The lowest BCUT2D eigenvalue weighted by molar-refractivity contribution is -0.384. The van der Waals surface area contributed by atoms with E-state index in [9.17, 15) is 29.9 Å². The molecule has 0 aliphatic carbocycles. The van der Waals surface area contributed by atoms with E-state index in [2.05, 4.69) is 5.32 Å². The summed E-state index contributed by atoms with van der Waals surface area (Å²) in [5.74, 6) is -0.444. The Kier molecular flexibility index (Phi) is 9.19. The zero-order chi connectivity index (χ0) is 25.3. The van der Waals surface area contributed by atoms with Crippen LogP contribution in [0, 0.1) is 10.1 Å². The van der Waals surface area contributed by atoms with E-state index in [-0.39, 0.29) is 24.5 Å². The number of aliphatic hydroxyl groups is 1. The van der Waals surface area contributed by atoms with Crippen molar-refractivity contribution in [2.75, 3.05) is 13.2 Å². The largest absolute Gasteiger partial charge is 0.508 e. The first-order valence-corrected chi connectivity index (χ1v) is 10.4. The molecule has 2 rings (SSSR count). The number of alkyl carbamates (subject to hydrolysis) is 1. The summed E-state index contributed by atoms with van der Waals surface area (Å²) in [5, 5.41) is 32.7. The molecule has 0 aliphatic heterocycles. The van der Waals surface area contributed by atoms with Crippen LogP contribution in [0.25, 0.3) is 0 Å². The van der Waals surface area contributed by atoms with Crippen LogP contribution in [0.4, 0.5) is 10.5 Å². The first kappa shape index (κ1) is 26.4. The molecule has 2 atom stereocenters. The molecule has 34 heavy (non-hydrogen) atoms. The van der Waals surface area contributed by atoms with Crippen molar-refractivity contribution < 1.29 is 38.9 Å². The van der Waals surface area contributed by atoms with E-state index in [4.69, 9.17) is 14.2 Å². The number of aliphatic hydroxyl groups excluding tert-OH is 1. The highest BCUT2D eigenvalue weighted by Crippen LogP contribution is 2.17. The minimum absolute atomic E-state index is 0.0547. The number of amides is 1. The first-order chi connectivity index (χ1) is 15.9. The van der Waals surface area contributed by atoms with Crippen LogP contribution >= 0.6 is 0 Å². The summed E-state index contributed by atoms with van der Waals surface area (Å²) in [6, 6.07) is 10.3. The number of non-ortho nitro benzene ring substituents is 1. The summed E-state index contributed by atoms with van der Waals surface area (Å²) in [6.45, 7) is 4.41. The van der Waals surface area contributed by atoms with Gasteiger partial charge < -0.3 is 29.7 Å². The number of carbonyl (C=O) groups excluding carboxylic acids is 2. The average Bonchev–Trinajstić information content (AvgIpc) is 2.76. The van der Waals surface area contributed by atoms with Gasteiger partial charge in [-0.15, -0.1) is 0 Å². The van der Waals surface area contributed by atoms with E-state index in [0.29, 0.717) is 11.3 Å². The molecule has 0 spiro atoms. The van der Waals surface area contributed by atoms with Crippen molar-refractivity contribution in [3.8, 4) is 11.5 Å². The molecule has 0 fully saturated rings. The number of nitro benzene ring substituents is 1. The Morgan fingerprint density at radius 3 is 2.24 bits per heavy atom. The second-order valence-electron chi connectivity index (χ2n) is 8.42. The lowest BCUT2D eigenvalue weighted by atomic mass is 10.1. The van der Waals surface area contributed by atoms with E-state index in [1.807, 2.05) is 0 Å². The smallest absolute Gasteiger partial charge is 0.408 e. The molecular weight excluding hydrogens is 448 g/mol. The van der Waals surface area contributed by atoms with Crippen molar-refractivity contribution in [1.82, 2.24) is 5.32 Å². The fourth-order valence-electron chi connectivity index (χ4n) is 2.69. The molecule has 0 bridgehead atoms. The Bertz CT molecular complexity index is 969. The maximum atomic E-state index is 12.6. The van der Waals surface area contributed by atoms with Crippen LogP contribution in [0.5, 0.6) is 11.5 Å². The second kappa shape index (κ2) is 11.8. The monoisotopic (exact) mass is 476 g/mol. The predicted molar refractivity (Wildman–Crippen MR) is 121 cm³/mol. The van der Waals surface area contributed by atoms with Crippen molar-refractivity contribution in [3.63, 3.8) is 0 Å². The zero-order valence-corrected chi connectivity index (χ0v) is 19.1. The van der Waals surface area contributed by atoms with Gasteiger partial charge in [-0.3, -0.25) is 10.1 Å². The van der Waals surface area contributed by atoms with E-state index >= 15 is 0 Å². The summed E-state index contributed by atoms with van der Waals surface area (Å²) in [6.07, 6.45) is -1.93. The summed E-state index contributed by atoms with van der Waals surface area (Å²) < 4.78 is 15.7. The van der Waals surface area contributed by atoms with E-state index < -0.39 is 41.3 Å². The quantitative estimate of drug-likeness (QED) is 0.266. The number of phenols is 1. The molecule has 3 N–H and O–H groups in total. The van der Waals surface area contributed by atoms with Gasteiger partial charge in [-0.2, -0.15) is 0 Å². The molecule has 11 heteroatoms. The van der Waals surface area contributed by atoms with E-state index in [0.717, 1.165) is 0 Å². The van der Waals surface area contributed by atoms with Gasteiger partial charge in [-0.05, 0) is 50.6 Å². The summed E-state index contributed by atoms with van der Waals surface area (Å²) in [5.41, 5.74) is -0.223. The van der Waals surface area contributed by atoms with Crippen LogP contribution in [0.15, 0.2) is 48.5 Å². The van der Waals surface area contributed by atoms with Crippen molar-refractivity contribution in [3.05, 3.63) is 64.2 Å². The van der Waals surface area contributed by atoms with Gasteiger partial charge in [-0.25, -0.2) is 9.59 Å². The normalized spacial score (nSPS) is 12.8. The zero-order valence-electron chi connectivity index (χ0n) is 19.1. The summed E-state index contributed by atoms with van der Waals surface area (Å²) in [7, 11) is 0. The van der Waals surface area contributed by atoms with Gasteiger partial charge in [-0.1, -0.05) is 12.1 Å². The lowest BCUT2D eigenvalue weighted by Crippen LogP contribution is -2.46. The molecule has 0 heterocycles.